The summed E-state index contributed by atoms with van der Waals surface area (Å²) in [5.74, 6) is 2.70. The van der Waals surface area contributed by atoms with E-state index in [1.165, 1.54) is 61.4 Å². The van der Waals surface area contributed by atoms with E-state index in [9.17, 15) is 4.79 Å². The number of carbonyl (C=O) groups is 1. The van der Waals surface area contributed by atoms with E-state index in [0.717, 1.165) is 36.1 Å². The highest BCUT2D eigenvalue weighted by atomic mass is 32.2. The molecule has 7 heteroatoms. The van der Waals surface area contributed by atoms with Crippen LogP contribution in [0.2, 0.25) is 0 Å². The van der Waals surface area contributed by atoms with E-state index in [1.54, 1.807) is 0 Å². The Balaban J connectivity index is 1.31. The number of benzene rings is 1. The Morgan fingerprint density at radius 2 is 1.97 bits per heavy atom. The van der Waals surface area contributed by atoms with E-state index in [2.05, 4.69) is 47.6 Å². The maximum absolute atomic E-state index is 12.5. The zero-order valence-corrected chi connectivity index (χ0v) is 19.5. The Hall–Kier alpha value is -2.02. The number of aryl methyl sites for hydroxylation is 2. The zero-order valence-electron chi connectivity index (χ0n) is 18.7. The minimum atomic E-state index is 0.0845. The van der Waals surface area contributed by atoms with Crippen LogP contribution in [-0.2, 0) is 30.8 Å². The second-order valence-electron chi connectivity index (χ2n) is 8.79. The number of fused-ring (bicyclic) bond motifs is 1. The number of thioether (sulfide) groups is 1. The summed E-state index contributed by atoms with van der Waals surface area (Å²) in [6.45, 7) is 5.44. The van der Waals surface area contributed by atoms with Gasteiger partial charge in [0.15, 0.2) is 11.0 Å². The lowest BCUT2D eigenvalue weighted by Gasteiger charge is -2.29. The maximum atomic E-state index is 12.5. The SMILES string of the molecule is CCn1c(COc2ccc3c(c2)CCCC3)nnc1SCC(=O)N[C@H]1CCCC[C@H]1C. The molecule has 4 rings (SSSR count). The molecule has 1 heterocycles. The molecular weight excluding hydrogens is 408 g/mol. The average Bonchev–Trinajstić information content (AvgIpc) is 3.19. The van der Waals surface area contributed by atoms with Crippen LogP contribution in [0.1, 0.15) is 69.3 Å². The van der Waals surface area contributed by atoms with Crippen molar-refractivity contribution in [2.45, 2.75) is 89.6 Å². The number of nitrogens with one attached hydrogen (secondary N) is 1. The number of hydrogen-bond donors (Lipinski definition) is 1. The van der Waals surface area contributed by atoms with Crippen LogP contribution in [0.15, 0.2) is 23.4 Å². The van der Waals surface area contributed by atoms with Gasteiger partial charge < -0.3 is 14.6 Å². The number of ether oxygens (including phenoxy) is 1. The highest BCUT2D eigenvalue weighted by Gasteiger charge is 2.23. The first-order chi connectivity index (χ1) is 15.1. The molecule has 1 fully saturated rings. The Morgan fingerprint density at radius 3 is 2.77 bits per heavy atom. The molecule has 0 radical (unpaired) electrons. The van der Waals surface area contributed by atoms with E-state index in [4.69, 9.17) is 4.74 Å². The molecule has 1 N–H and O–H groups in total. The molecule has 1 aromatic carbocycles. The molecule has 6 nitrogen and oxygen atoms in total. The number of amides is 1. The molecule has 31 heavy (non-hydrogen) atoms. The molecule has 1 saturated carbocycles. The fourth-order valence-corrected chi connectivity index (χ4v) is 5.54. The third-order valence-electron chi connectivity index (χ3n) is 6.59. The summed E-state index contributed by atoms with van der Waals surface area (Å²) in [6, 6.07) is 6.74. The van der Waals surface area contributed by atoms with Crippen LogP contribution in [0.4, 0.5) is 0 Å². The molecule has 0 spiro atoms. The second kappa shape index (κ2) is 10.5. The molecular formula is C24H34N4O2S. The molecule has 2 aromatic rings. The van der Waals surface area contributed by atoms with Crippen molar-refractivity contribution in [2.75, 3.05) is 5.75 Å². The van der Waals surface area contributed by atoms with Crippen LogP contribution in [-0.4, -0.2) is 32.5 Å². The van der Waals surface area contributed by atoms with Crippen molar-refractivity contribution < 1.29 is 9.53 Å². The van der Waals surface area contributed by atoms with Crippen LogP contribution >= 0.6 is 11.8 Å². The Morgan fingerprint density at radius 1 is 1.16 bits per heavy atom. The lowest BCUT2D eigenvalue weighted by molar-refractivity contribution is -0.119. The quantitative estimate of drug-likeness (QED) is 0.608. The van der Waals surface area contributed by atoms with Crippen molar-refractivity contribution in [3.05, 3.63) is 35.2 Å². The summed E-state index contributed by atoms with van der Waals surface area (Å²) >= 11 is 1.45. The fraction of sp³-hybridized carbons (Fsp3) is 0.625. The van der Waals surface area contributed by atoms with Gasteiger partial charge in [0, 0.05) is 12.6 Å². The summed E-state index contributed by atoms with van der Waals surface area (Å²) < 4.78 is 8.08. The molecule has 0 aliphatic heterocycles. The molecule has 1 amide bonds. The van der Waals surface area contributed by atoms with Gasteiger partial charge in [-0.25, -0.2) is 0 Å². The van der Waals surface area contributed by atoms with E-state index in [-0.39, 0.29) is 5.91 Å². The number of aromatic nitrogens is 3. The molecule has 2 aliphatic carbocycles. The van der Waals surface area contributed by atoms with E-state index < -0.39 is 0 Å². The van der Waals surface area contributed by atoms with Crippen LogP contribution in [0.3, 0.4) is 0 Å². The van der Waals surface area contributed by atoms with Gasteiger partial charge in [0.1, 0.15) is 12.4 Å². The van der Waals surface area contributed by atoms with Crippen LogP contribution in [0.5, 0.6) is 5.75 Å². The Bertz CT molecular complexity index is 898. The predicted octanol–water partition coefficient (Wildman–Crippen LogP) is 4.54. The van der Waals surface area contributed by atoms with Crippen molar-refractivity contribution in [1.29, 1.82) is 0 Å². The topological polar surface area (TPSA) is 69.0 Å². The van der Waals surface area contributed by atoms with Gasteiger partial charge in [0.05, 0.1) is 5.75 Å². The van der Waals surface area contributed by atoms with E-state index >= 15 is 0 Å². The summed E-state index contributed by atoms with van der Waals surface area (Å²) in [5.41, 5.74) is 2.87. The van der Waals surface area contributed by atoms with Crippen molar-refractivity contribution in [2.24, 2.45) is 5.92 Å². The minimum Gasteiger partial charge on any atom is -0.486 e. The van der Waals surface area contributed by atoms with Gasteiger partial charge in [0.25, 0.3) is 0 Å². The molecule has 1 aromatic heterocycles. The molecule has 2 atom stereocenters. The smallest absolute Gasteiger partial charge is 0.230 e. The van der Waals surface area contributed by atoms with Crippen molar-refractivity contribution >= 4 is 17.7 Å². The van der Waals surface area contributed by atoms with Gasteiger partial charge in [-0.1, -0.05) is 37.6 Å². The van der Waals surface area contributed by atoms with E-state index in [0.29, 0.717) is 24.3 Å². The highest BCUT2D eigenvalue weighted by molar-refractivity contribution is 7.99. The Labute approximate surface area is 189 Å². The summed E-state index contributed by atoms with van der Waals surface area (Å²) in [6.07, 6.45) is 9.63. The van der Waals surface area contributed by atoms with Gasteiger partial charge in [-0.05, 0) is 74.6 Å². The van der Waals surface area contributed by atoms with Crippen LogP contribution < -0.4 is 10.1 Å². The van der Waals surface area contributed by atoms with Crippen LogP contribution in [0.25, 0.3) is 0 Å². The Kier molecular flexibility index (Phi) is 7.54. The number of hydrogen-bond acceptors (Lipinski definition) is 5. The van der Waals surface area contributed by atoms with Gasteiger partial charge in [-0.15, -0.1) is 10.2 Å². The van der Waals surface area contributed by atoms with Crippen molar-refractivity contribution in [3.8, 4) is 5.75 Å². The summed E-state index contributed by atoms with van der Waals surface area (Å²) in [4.78, 5) is 12.5. The lowest BCUT2D eigenvalue weighted by Crippen LogP contribution is -2.41. The average molecular weight is 443 g/mol. The summed E-state index contributed by atoms with van der Waals surface area (Å²) in [7, 11) is 0. The van der Waals surface area contributed by atoms with Crippen molar-refractivity contribution in [3.63, 3.8) is 0 Å². The third-order valence-corrected chi connectivity index (χ3v) is 7.55. The number of rotatable bonds is 8. The molecule has 2 aliphatic rings. The lowest BCUT2D eigenvalue weighted by atomic mass is 9.86. The van der Waals surface area contributed by atoms with E-state index in [1.807, 2.05) is 4.57 Å². The number of carbonyl (C=O) groups excluding carboxylic acids is 1. The standard InChI is InChI=1S/C24H34N4O2S/c1-3-28-22(15-30-20-13-12-18-9-5-6-10-19(18)14-20)26-27-24(28)31-16-23(29)25-21-11-7-4-8-17(21)2/h12-14,17,21H,3-11,15-16H2,1-2H3,(H,25,29)/t17-,21+/m1/s1. The maximum Gasteiger partial charge on any atom is 0.230 e. The van der Waals surface area contributed by atoms with Gasteiger partial charge in [0.2, 0.25) is 5.91 Å². The molecule has 0 saturated heterocycles. The first kappa shape index (κ1) is 22.2. The molecule has 0 unspecified atom stereocenters. The fourth-order valence-electron chi connectivity index (χ4n) is 4.71. The zero-order chi connectivity index (χ0) is 21.6. The van der Waals surface area contributed by atoms with Gasteiger partial charge in [-0.2, -0.15) is 0 Å². The third kappa shape index (κ3) is 5.62. The first-order valence-electron chi connectivity index (χ1n) is 11.7. The summed E-state index contributed by atoms with van der Waals surface area (Å²) in [5, 5.41) is 12.6. The molecule has 168 valence electrons. The number of nitrogens with zero attached hydrogens (tertiary/aromatic N) is 3. The largest absolute Gasteiger partial charge is 0.486 e. The first-order valence-corrected chi connectivity index (χ1v) is 12.7. The monoisotopic (exact) mass is 442 g/mol. The second-order valence-corrected chi connectivity index (χ2v) is 9.74. The minimum absolute atomic E-state index is 0.0845. The molecule has 0 bridgehead atoms. The van der Waals surface area contributed by atoms with Gasteiger partial charge >= 0.3 is 0 Å². The predicted molar refractivity (Wildman–Crippen MR) is 123 cm³/mol. The van der Waals surface area contributed by atoms with Crippen molar-refractivity contribution in [1.82, 2.24) is 20.1 Å². The van der Waals surface area contributed by atoms with Crippen LogP contribution in [0, 0.1) is 5.92 Å². The van der Waals surface area contributed by atoms with Gasteiger partial charge in [-0.3, -0.25) is 4.79 Å². The highest BCUT2D eigenvalue weighted by Crippen LogP contribution is 2.27. The normalized spacial score (nSPS) is 20.8.